The summed E-state index contributed by atoms with van der Waals surface area (Å²) >= 11 is 0. The first-order valence-corrected chi connectivity index (χ1v) is 11.6. The van der Waals surface area contributed by atoms with E-state index in [4.69, 9.17) is 9.73 Å². The van der Waals surface area contributed by atoms with Crippen LogP contribution in [0.4, 0.5) is 5.82 Å². The van der Waals surface area contributed by atoms with E-state index in [0.29, 0.717) is 6.54 Å². The molecule has 2 aliphatic heterocycles. The number of hydrogen-bond acceptors (Lipinski definition) is 5. The van der Waals surface area contributed by atoms with E-state index in [9.17, 15) is 0 Å². The highest BCUT2D eigenvalue weighted by Crippen LogP contribution is 2.20. The molecular formula is C23H40N6O. The lowest BCUT2D eigenvalue weighted by atomic mass is 9.98. The monoisotopic (exact) mass is 416 g/mol. The van der Waals surface area contributed by atoms with Gasteiger partial charge in [0.1, 0.15) is 5.82 Å². The van der Waals surface area contributed by atoms with Gasteiger partial charge < -0.3 is 20.3 Å². The van der Waals surface area contributed by atoms with Gasteiger partial charge in [0.05, 0.1) is 19.3 Å². The molecule has 0 spiro atoms. The topological polar surface area (TPSA) is 65.0 Å². The van der Waals surface area contributed by atoms with Crippen molar-refractivity contribution in [3.05, 3.63) is 23.9 Å². The van der Waals surface area contributed by atoms with Crippen molar-refractivity contribution in [1.82, 2.24) is 20.5 Å². The van der Waals surface area contributed by atoms with Crippen LogP contribution >= 0.6 is 0 Å². The number of anilines is 1. The number of guanidine groups is 1. The lowest BCUT2D eigenvalue weighted by molar-refractivity contribution is 0.0529. The van der Waals surface area contributed by atoms with Gasteiger partial charge in [0, 0.05) is 37.9 Å². The predicted molar refractivity (Wildman–Crippen MR) is 124 cm³/mol. The lowest BCUT2D eigenvalue weighted by Gasteiger charge is -2.41. The zero-order valence-corrected chi connectivity index (χ0v) is 19.3. The molecule has 1 unspecified atom stereocenters. The van der Waals surface area contributed by atoms with E-state index in [0.717, 1.165) is 50.1 Å². The van der Waals surface area contributed by atoms with Gasteiger partial charge in [-0.3, -0.25) is 4.90 Å². The summed E-state index contributed by atoms with van der Waals surface area (Å²) in [5.74, 6) is 1.89. The number of nitrogens with zero attached hydrogens (tertiary/aromatic N) is 4. The van der Waals surface area contributed by atoms with Crippen LogP contribution in [-0.4, -0.2) is 73.4 Å². The molecule has 1 aromatic heterocycles. The molecule has 2 aliphatic rings. The van der Waals surface area contributed by atoms with Gasteiger partial charge >= 0.3 is 0 Å². The molecule has 7 nitrogen and oxygen atoms in total. The Balaban J connectivity index is 1.54. The van der Waals surface area contributed by atoms with Crippen molar-refractivity contribution in [2.24, 2.45) is 4.99 Å². The number of rotatable bonds is 7. The molecule has 0 bridgehead atoms. The Hall–Kier alpha value is -1.86. The highest BCUT2D eigenvalue weighted by Gasteiger charge is 2.27. The van der Waals surface area contributed by atoms with Crippen molar-refractivity contribution in [2.75, 3.05) is 50.8 Å². The van der Waals surface area contributed by atoms with Crippen LogP contribution in [0.1, 0.15) is 52.5 Å². The molecule has 0 saturated carbocycles. The number of morpholine rings is 1. The van der Waals surface area contributed by atoms with Crippen molar-refractivity contribution < 1.29 is 4.74 Å². The highest BCUT2D eigenvalue weighted by molar-refractivity contribution is 5.79. The highest BCUT2D eigenvalue weighted by atomic mass is 16.5. The summed E-state index contributed by atoms with van der Waals surface area (Å²) in [5.41, 5.74) is 1.24. The number of pyridine rings is 1. The molecule has 3 heterocycles. The minimum atomic E-state index is 0.120. The third-order valence-corrected chi connectivity index (χ3v) is 6.04. The van der Waals surface area contributed by atoms with Gasteiger partial charge in [0.25, 0.3) is 0 Å². The van der Waals surface area contributed by atoms with Crippen molar-refractivity contribution >= 4 is 11.8 Å². The second kappa shape index (κ2) is 11.0. The van der Waals surface area contributed by atoms with Crippen LogP contribution in [0.15, 0.2) is 23.3 Å². The Morgan fingerprint density at radius 3 is 2.67 bits per heavy atom. The number of likely N-dealkylation sites (tertiary alicyclic amines) is 1. The normalized spacial score (nSPS) is 21.5. The first-order valence-electron chi connectivity index (χ1n) is 11.6. The van der Waals surface area contributed by atoms with Crippen LogP contribution in [-0.2, 0) is 11.3 Å². The van der Waals surface area contributed by atoms with Crippen LogP contribution < -0.4 is 15.5 Å². The number of aromatic nitrogens is 1. The Kier molecular flexibility index (Phi) is 8.33. The van der Waals surface area contributed by atoms with E-state index in [1.165, 1.54) is 32.4 Å². The summed E-state index contributed by atoms with van der Waals surface area (Å²) in [6.07, 6.45) is 6.18. The predicted octanol–water partition coefficient (Wildman–Crippen LogP) is 2.63. The van der Waals surface area contributed by atoms with Crippen LogP contribution in [0, 0.1) is 0 Å². The first-order chi connectivity index (χ1) is 14.5. The van der Waals surface area contributed by atoms with Gasteiger partial charge in [-0.05, 0) is 65.3 Å². The number of hydrogen-bond donors (Lipinski definition) is 2. The molecule has 168 valence electrons. The zero-order chi connectivity index (χ0) is 21.4. The van der Waals surface area contributed by atoms with Crippen LogP contribution in [0.3, 0.4) is 0 Å². The molecule has 0 radical (unpaired) electrons. The van der Waals surface area contributed by atoms with Gasteiger partial charge in [-0.15, -0.1) is 0 Å². The van der Waals surface area contributed by atoms with Gasteiger partial charge in [0.2, 0.25) is 0 Å². The Labute approximate surface area is 182 Å². The summed E-state index contributed by atoms with van der Waals surface area (Å²) in [7, 11) is 0. The minimum absolute atomic E-state index is 0.120. The Morgan fingerprint density at radius 1 is 1.20 bits per heavy atom. The summed E-state index contributed by atoms with van der Waals surface area (Å²) in [6, 6.07) is 4.23. The molecule has 0 aromatic carbocycles. The molecule has 3 rings (SSSR count). The summed E-state index contributed by atoms with van der Waals surface area (Å²) < 4.78 is 5.62. The molecule has 1 atom stereocenters. The van der Waals surface area contributed by atoms with Gasteiger partial charge in [0.15, 0.2) is 5.96 Å². The second-order valence-electron chi connectivity index (χ2n) is 9.06. The molecule has 1 aromatic rings. The van der Waals surface area contributed by atoms with Gasteiger partial charge in [-0.25, -0.2) is 9.98 Å². The van der Waals surface area contributed by atoms with Crippen LogP contribution in [0.25, 0.3) is 0 Å². The standard InChI is InChI=1S/C23H40N6O/c1-5-24-22(27-18-23(3,4)29-11-7-6-8-12-29)26-16-20-9-10-21(25-15-20)28-13-14-30-19(2)17-28/h9-10,15,19H,5-8,11-14,16-18H2,1-4H3,(H2,24,26,27). The first kappa shape index (κ1) is 22.8. The quantitative estimate of drug-likeness (QED) is 0.526. The van der Waals surface area contributed by atoms with Crippen LogP contribution in [0.2, 0.25) is 0 Å². The van der Waals surface area contributed by atoms with Crippen molar-refractivity contribution in [1.29, 1.82) is 0 Å². The molecular weight excluding hydrogens is 376 g/mol. The van der Waals surface area contributed by atoms with Crippen molar-refractivity contribution in [3.8, 4) is 0 Å². The van der Waals surface area contributed by atoms with Crippen molar-refractivity contribution in [2.45, 2.75) is 65.1 Å². The smallest absolute Gasteiger partial charge is 0.191 e. The second-order valence-corrected chi connectivity index (χ2v) is 9.06. The Bertz CT molecular complexity index is 669. The molecule has 0 amide bonds. The average Bonchev–Trinajstić information content (AvgIpc) is 2.77. The van der Waals surface area contributed by atoms with E-state index in [1.54, 1.807) is 0 Å². The molecule has 0 aliphatic carbocycles. The fourth-order valence-electron chi connectivity index (χ4n) is 4.15. The molecule has 30 heavy (non-hydrogen) atoms. The zero-order valence-electron chi connectivity index (χ0n) is 19.3. The van der Waals surface area contributed by atoms with E-state index in [1.807, 2.05) is 6.20 Å². The summed E-state index contributed by atoms with van der Waals surface area (Å²) in [6.45, 7) is 16.2. The van der Waals surface area contributed by atoms with E-state index >= 15 is 0 Å². The number of nitrogens with one attached hydrogen (secondary N) is 2. The van der Waals surface area contributed by atoms with Crippen LogP contribution in [0.5, 0.6) is 0 Å². The fourth-order valence-corrected chi connectivity index (χ4v) is 4.15. The minimum Gasteiger partial charge on any atom is -0.375 e. The molecule has 7 heteroatoms. The number of aliphatic imine (C=N–C) groups is 1. The SMILES string of the molecule is CCNC(=NCc1ccc(N2CCOC(C)C2)nc1)NCC(C)(C)N1CCCCC1. The molecule has 2 N–H and O–H groups in total. The molecule has 2 fully saturated rings. The number of piperidine rings is 1. The summed E-state index contributed by atoms with van der Waals surface area (Å²) in [4.78, 5) is 14.3. The third kappa shape index (κ3) is 6.57. The maximum absolute atomic E-state index is 5.62. The number of ether oxygens (including phenoxy) is 1. The van der Waals surface area contributed by atoms with Gasteiger partial charge in [-0.1, -0.05) is 12.5 Å². The fraction of sp³-hybridized carbons (Fsp3) is 0.739. The van der Waals surface area contributed by atoms with Crippen molar-refractivity contribution in [3.63, 3.8) is 0 Å². The van der Waals surface area contributed by atoms with E-state index in [2.05, 4.69) is 65.2 Å². The van der Waals surface area contributed by atoms with E-state index in [-0.39, 0.29) is 11.6 Å². The lowest BCUT2D eigenvalue weighted by Crippen LogP contribution is -2.54. The molecule has 2 saturated heterocycles. The van der Waals surface area contributed by atoms with Gasteiger partial charge in [-0.2, -0.15) is 0 Å². The van der Waals surface area contributed by atoms with E-state index < -0.39 is 0 Å². The third-order valence-electron chi connectivity index (χ3n) is 6.04. The summed E-state index contributed by atoms with van der Waals surface area (Å²) in [5, 5.41) is 6.93. The Morgan fingerprint density at radius 2 is 2.00 bits per heavy atom. The maximum Gasteiger partial charge on any atom is 0.191 e. The average molecular weight is 417 g/mol. The largest absolute Gasteiger partial charge is 0.375 e. The maximum atomic E-state index is 5.62.